The normalized spacial score (nSPS) is 17.0. The second-order valence-corrected chi connectivity index (χ2v) is 5.67. The molecule has 2 rings (SSSR count). The molecule has 0 saturated heterocycles. The van der Waals surface area contributed by atoms with Gasteiger partial charge in [-0.1, -0.05) is 32.4 Å². The van der Waals surface area contributed by atoms with Gasteiger partial charge < -0.3 is 15.7 Å². The van der Waals surface area contributed by atoms with Gasteiger partial charge >= 0.3 is 5.97 Å². The van der Waals surface area contributed by atoms with Crippen LogP contribution in [-0.4, -0.2) is 34.5 Å². The van der Waals surface area contributed by atoms with Gasteiger partial charge in [0.2, 0.25) is 5.91 Å². The zero-order chi connectivity index (χ0) is 15.6. The molecule has 114 valence electrons. The number of aromatic carboxylic acids is 1. The molecule has 1 aliphatic heterocycles. The van der Waals surface area contributed by atoms with Crippen molar-refractivity contribution in [2.75, 3.05) is 6.54 Å². The summed E-state index contributed by atoms with van der Waals surface area (Å²) in [5, 5.41) is 9.21. The van der Waals surface area contributed by atoms with Crippen molar-refractivity contribution in [2.45, 2.75) is 39.3 Å². The van der Waals surface area contributed by atoms with Crippen molar-refractivity contribution in [3.63, 3.8) is 0 Å². The topological polar surface area (TPSA) is 83.6 Å². The Morgan fingerprint density at radius 1 is 1.43 bits per heavy atom. The van der Waals surface area contributed by atoms with E-state index in [1.165, 1.54) is 0 Å². The van der Waals surface area contributed by atoms with Crippen LogP contribution in [0.1, 0.15) is 41.8 Å². The molecule has 1 amide bonds. The maximum Gasteiger partial charge on any atom is 0.335 e. The summed E-state index contributed by atoms with van der Waals surface area (Å²) >= 11 is 0. The third-order valence-electron chi connectivity index (χ3n) is 4.35. The smallest absolute Gasteiger partial charge is 0.335 e. The van der Waals surface area contributed by atoms with Gasteiger partial charge in [0.1, 0.15) is 0 Å². The maximum absolute atomic E-state index is 12.4. The zero-order valence-electron chi connectivity index (χ0n) is 12.5. The number of rotatable bonds is 4. The van der Waals surface area contributed by atoms with Crippen molar-refractivity contribution >= 4 is 11.9 Å². The molecule has 1 unspecified atom stereocenters. The van der Waals surface area contributed by atoms with E-state index < -0.39 is 12.0 Å². The number of nitrogens with zero attached hydrogens (tertiary/aromatic N) is 1. The lowest BCUT2D eigenvalue weighted by atomic mass is 9.93. The highest BCUT2D eigenvalue weighted by Gasteiger charge is 2.29. The second-order valence-electron chi connectivity index (χ2n) is 5.67. The van der Waals surface area contributed by atoms with Crippen molar-refractivity contribution in [3.8, 4) is 0 Å². The third-order valence-corrected chi connectivity index (χ3v) is 4.35. The molecule has 0 saturated carbocycles. The van der Waals surface area contributed by atoms with Gasteiger partial charge in [-0.2, -0.15) is 0 Å². The number of nitrogens with two attached hydrogens (primary N) is 1. The minimum atomic E-state index is -0.914. The second kappa shape index (κ2) is 6.26. The number of hydrogen-bond acceptors (Lipinski definition) is 3. The fourth-order valence-electron chi connectivity index (χ4n) is 2.71. The number of benzene rings is 1. The molecule has 0 spiro atoms. The van der Waals surface area contributed by atoms with Crippen LogP contribution >= 0.6 is 0 Å². The summed E-state index contributed by atoms with van der Waals surface area (Å²) in [5.41, 5.74) is 8.10. The Morgan fingerprint density at radius 2 is 2.14 bits per heavy atom. The molecule has 0 aromatic heterocycles. The Morgan fingerprint density at radius 3 is 2.76 bits per heavy atom. The monoisotopic (exact) mass is 290 g/mol. The molecule has 3 N–H and O–H groups in total. The summed E-state index contributed by atoms with van der Waals surface area (Å²) in [6.45, 7) is 4.96. The molecule has 0 radical (unpaired) electrons. The van der Waals surface area contributed by atoms with Gasteiger partial charge in [0.25, 0.3) is 0 Å². The van der Waals surface area contributed by atoms with Crippen LogP contribution in [0.15, 0.2) is 18.2 Å². The van der Waals surface area contributed by atoms with E-state index in [4.69, 9.17) is 5.73 Å². The van der Waals surface area contributed by atoms with E-state index >= 15 is 0 Å². The first-order chi connectivity index (χ1) is 9.95. The van der Waals surface area contributed by atoms with Crippen LogP contribution in [0.25, 0.3) is 0 Å². The quantitative estimate of drug-likeness (QED) is 0.883. The van der Waals surface area contributed by atoms with Crippen LogP contribution < -0.4 is 5.73 Å². The van der Waals surface area contributed by atoms with Crippen LogP contribution in [0.3, 0.4) is 0 Å². The molecule has 1 heterocycles. The number of fused-ring (bicyclic) bond motifs is 1. The van der Waals surface area contributed by atoms with Gasteiger partial charge in [-0.05, 0) is 29.5 Å². The average molecular weight is 290 g/mol. The molecular weight excluding hydrogens is 268 g/mol. The van der Waals surface area contributed by atoms with E-state index in [0.717, 1.165) is 17.5 Å². The van der Waals surface area contributed by atoms with Crippen LogP contribution in [0.4, 0.5) is 0 Å². The fourth-order valence-corrected chi connectivity index (χ4v) is 2.71. The van der Waals surface area contributed by atoms with E-state index in [9.17, 15) is 14.7 Å². The Balaban J connectivity index is 2.18. The molecular formula is C16H22N2O3. The lowest BCUT2D eigenvalue weighted by molar-refractivity contribution is -0.134. The Kier molecular flexibility index (Phi) is 4.63. The van der Waals surface area contributed by atoms with Crippen molar-refractivity contribution in [1.29, 1.82) is 0 Å². The summed E-state index contributed by atoms with van der Waals surface area (Å²) in [6, 6.07) is 4.74. The van der Waals surface area contributed by atoms with Crippen LogP contribution in [0, 0.1) is 5.92 Å². The van der Waals surface area contributed by atoms with Gasteiger partial charge in [0, 0.05) is 13.1 Å². The first-order valence-electron chi connectivity index (χ1n) is 7.34. The van der Waals surface area contributed by atoms with Crippen molar-refractivity contribution in [2.24, 2.45) is 11.7 Å². The molecule has 1 aliphatic rings. The van der Waals surface area contributed by atoms with E-state index in [0.29, 0.717) is 25.1 Å². The van der Waals surface area contributed by atoms with Gasteiger partial charge in [0.15, 0.2) is 0 Å². The number of hydrogen-bond donors (Lipinski definition) is 2. The third kappa shape index (κ3) is 3.08. The van der Waals surface area contributed by atoms with Crippen LogP contribution in [-0.2, 0) is 17.8 Å². The zero-order valence-corrected chi connectivity index (χ0v) is 12.5. The molecule has 1 aromatic rings. The summed E-state index contributed by atoms with van der Waals surface area (Å²) in [4.78, 5) is 25.4. The summed E-state index contributed by atoms with van der Waals surface area (Å²) < 4.78 is 0. The molecule has 1 aromatic carbocycles. The minimum Gasteiger partial charge on any atom is -0.478 e. The summed E-state index contributed by atoms with van der Waals surface area (Å²) in [5.74, 6) is -0.817. The number of amides is 1. The maximum atomic E-state index is 12.4. The first-order valence-corrected chi connectivity index (χ1v) is 7.34. The van der Waals surface area contributed by atoms with E-state index in [1.807, 2.05) is 19.9 Å². The van der Waals surface area contributed by atoms with Crippen LogP contribution in [0.2, 0.25) is 0 Å². The Labute approximate surface area is 124 Å². The predicted octanol–water partition coefficient (Wildman–Crippen LogP) is 1.64. The Hall–Kier alpha value is -1.88. The molecule has 21 heavy (non-hydrogen) atoms. The predicted molar refractivity (Wildman–Crippen MR) is 80.0 cm³/mol. The molecule has 0 fully saturated rings. The van der Waals surface area contributed by atoms with Crippen molar-refractivity contribution < 1.29 is 14.7 Å². The highest BCUT2D eigenvalue weighted by Crippen LogP contribution is 2.23. The molecule has 0 bridgehead atoms. The average Bonchev–Trinajstić information content (AvgIpc) is 2.51. The van der Waals surface area contributed by atoms with Crippen LogP contribution in [0.5, 0.6) is 0 Å². The van der Waals surface area contributed by atoms with Gasteiger partial charge in [-0.25, -0.2) is 4.79 Å². The standard InChI is InChI=1S/C16H22N2O3/c1-3-10(2)14(17)15(19)18-8-7-12-11(9-18)5-4-6-13(12)16(20)21/h4-6,10,14H,3,7-9,17H2,1-2H3,(H,20,21)/t10?,14-/m0/s1. The number of carboxylic acid groups (broad SMARTS) is 1. The lowest BCUT2D eigenvalue weighted by Gasteiger charge is -2.32. The van der Waals surface area contributed by atoms with E-state index in [1.54, 1.807) is 17.0 Å². The minimum absolute atomic E-state index is 0.0456. The van der Waals surface area contributed by atoms with Gasteiger partial charge in [-0.15, -0.1) is 0 Å². The number of carbonyl (C=O) groups is 2. The molecule has 0 aliphatic carbocycles. The number of carboxylic acids is 1. The molecule has 5 nitrogen and oxygen atoms in total. The summed E-state index contributed by atoms with van der Waals surface area (Å²) in [7, 11) is 0. The largest absolute Gasteiger partial charge is 0.478 e. The van der Waals surface area contributed by atoms with Crippen molar-refractivity contribution in [3.05, 3.63) is 34.9 Å². The number of carbonyl (C=O) groups excluding carboxylic acids is 1. The molecule has 2 atom stereocenters. The highest BCUT2D eigenvalue weighted by atomic mass is 16.4. The SMILES string of the molecule is CCC(C)[C@H](N)C(=O)N1CCc2c(cccc2C(=O)O)C1. The van der Waals surface area contributed by atoms with Crippen molar-refractivity contribution in [1.82, 2.24) is 4.90 Å². The summed E-state index contributed by atoms with van der Waals surface area (Å²) in [6.07, 6.45) is 1.43. The first kappa shape index (κ1) is 15.5. The van der Waals surface area contributed by atoms with Gasteiger partial charge in [0.05, 0.1) is 11.6 Å². The highest BCUT2D eigenvalue weighted by molar-refractivity contribution is 5.90. The van der Waals surface area contributed by atoms with E-state index in [-0.39, 0.29) is 11.8 Å². The lowest BCUT2D eigenvalue weighted by Crippen LogP contribution is -2.48. The van der Waals surface area contributed by atoms with Gasteiger partial charge in [-0.3, -0.25) is 4.79 Å². The molecule has 5 heteroatoms. The van der Waals surface area contributed by atoms with E-state index in [2.05, 4.69) is 0 Å². The fraction of sp³-hybridized carbons (Fsp3) is 0.500. The Bertz CT molecular complexity index is 556.